The molecule has 0 unspecified atom stereocenters. The SMILES string of the molecule is Cc1n[nH]c(C)c1S(=O)(=O)Nc1cccc(C(C)C)c1. The number of rotatable bonds is 4. The lowest BCUT2D eigenvalue weighted by molar-refractivity contribution is 0.600. The van der Waals surface area contributed by atoms with E-state index in [0.717, 1.165) is 5.56 Å². The lowest BCUT2D eigenvalue weighted by atomic mass is 10.0. The van der Waals surface area contributed by atoms with Gasteiger partial charge in [-0.3, -0.25) is 9.82 Å². The maximum absolute atomic E-state index is 12.4. The topological polar surface area (TPSA) is 74.8 Å². The Balaban J connectivity index is 2.36. The number of anilines is 1. The van der Waals surface area contributed by atoms with Crippen LogP contribution >= 0.6 is 0 Å². The van der Waals surface area contributed by atoms with Gasteiger partial charge in [0.15, 0.2) is 0 Å². The van der Waals surface area contributed by atoms with Crippen LogP contribution < -0.4 is 4.72 Å². The lowest BCUT2D eigenvalue weighted by Crippen LogP contribution is -2.14. The smallest absolute Gasteiger partial charge is 0.265 e. The normalized spacial score (nSPS) is 11.8. The Kier molecular flexibility index (Phi) is 3.85. The second-order valence-corrected chi connectivity index (χ2v) is 6.77. The van der Waals surface area contributed by atoms with Crippen LogP contribution in [-0.2, 0) is 10.0 Å². The molecule has 5 nitrogen and oxygen atoms in total. The summed E-state index contributed by atoms with van der Waals surface area (Å²) in [7, 11) is -3.62. The van der Waals surface area contributed by atoms with Gasteiger partial charge in [-0.05, 0) is 37.5 Å². The molecule has 108 valence electrons. The molecular formula is C14H19N3O2S. The molecule has 0 saturated heterocycles. The molecule has 0 aliphatic carbocycles. The third kappa shape index (κ3) is 2.85. The van der Waals surface area contributed by atoms with Crippen LogP contribution in [0.15, 0.2) is 29.2 Å². The second-order valence-electron chi connectivity index (χ2n) is 5.15. The first-order valence-corrected chi connectivity index (χ1v) is 7.94. The quantitative estimate of drug-likeness (QED) is 0.910. The Morgan fingerprint density at radius 1 is 1.25 bits per heavy atom. The first kappa shape index (κ1) is 14.6. The summed E-state index contributed by atoms with van der Waals surface area (Å²) in [6.45, 7) is 7.50. The van der Waals surface area contributed by atoms with Gasteiger partial charge in [0.2, 0.25) is 0 Å². The lowest BCUT2D eigenvalue weighted by Gasteiger charge is -2.11. The number of aromatic nitrogens is 2. The van der Waals surface area contributed by atoms with E-state index in [1.54, 1.807) is 19.9 Å². The molecular weight excluding hydrogens is 274 g/mol. The number of H-pyrrole nitrogens is 1. The molecule has 0 aliphatic heterocycles. The van der Waals surface area contributed by atoms with Gasteiger partial charge >= 0.3 is 0 Å². The maximum Gasteiger partial charge on any atom is 0.265 e. The van der Waals surface area contributed by atoms with Crippen LogP contribution in [-0.4, -0.2) is 18.6 Å². The average Bonchev–Trinajstić information content (AvgIpc) is 2.69. The highest BCUT2D eigenvalue weighted by atomic mass is 32.2. The van der Waals surface area contributed by atoms with E-state index in [2.05, 4.69) is 28.8 Å². The number of hydrogen-bond acceptors (Lipinski definition) is 3. The van der Waals surface area contributed by atoms with Gasteiger partial charge < -0.3 is 0 Å². The van der Waals surface area contributed by atoms with Gasteiger partial charge in [0.25, 0.3) is 10.0 Å². The van der Waals surface area contributed by atoms with Gasteiger partial charge in [-0.15, -0.1) is 0 Å². The highest BCUT2D eigenvalue weighted by Gasteiger charge is 2.22. The molecule has 1 aromatic carbocycles. The number of aryl methyl sites for hydroxylation is 2. The van der Waals surface area contributed by atoms with Crippen molar-refractivity contribution in [3.8, 4) is 0 Å². The molecule has 0 atom stereocenters. The number of sulfonamides is 1. The van der Waals surface area contributed by atoms with Crippen LogP contribution in [0.3, 0.4) is 0 Å². The molecule has 0 spiro atoms. The maximum atomic E-state index is 12.4. The average molecular weight is 293 g/mol. The van der Waals surface area contributed by atoms with E-state index >= 15 is 0 Å². The van der Waals surface area contributed by atoms with Crippen LogP contribution in [0.5, 0.6) is 0 Å². The largest absolute Gasteiger partial charge is 0.281 e. The van der Waals surface area contributed by atoms with E-state index in [-0.39, 0.29) is 4.90 Å². The van der Waals surface area contributed by atoms with Crippen molar-refractivity contribution in [2.45, 2.75) is 38.5 Å². The summed E-state index contributed by atoms with van der Waals surface area (Å²) in [5.41, 5.74) is 2.66. The molecule has 0 radical (unpaired) electrons. The van der Waals surface area contributed by atoms with Crippen molar-refractivity contribution in [2.24, 2.45) is 0 Å². The summed E-state index contributed by atoms with van der Waals surface area (Å²) in [6, 6.07) is 7.43. The van der Waals surface area contributed by atoms with E-state index in [1.165, 1.54) is 0 Å². The highest BCUT2D eigenvalue weighted by Crippen LogP contribution is 2.23. The van der Waals surface area contributed by atoms with E-state index in [1.807, 2.05) is 18.2 Å². The standard InChI is InChI=1S/C14H19N3O2S/c1-9(2)12-6-5-7-13(8-12)17-20(18,19)14-10(3)15-16-11(14)4/h5-9,17H,1-4H3,(H,15,16). The molecule has 2 aromatic rings. The first-order valence-electron chi connectivity index (χ1n) is 6.45. The Labute approximate surface area is 119 Å². The third-order valence-corrected chi connectivity index (χ3v) is 4.78. The number of nitrogens with one attached hydrogen (secondary N) is 2. The first-order chi connectivity index (χ1) is 9.31. The second kappa shape index (κ2) is 5.28. The zero-order valence-corrected chi connectivity index (χ0v) is 12.9. The fraction of sp³-hybridized carbons (Fsp3) is 0.357. The predicted octanol–water partition coefficient (Wildman–Crippen LogP) is 2.95. The van der Waals surface area contributed by atoms with Crippen molar-refractivity contribution in [2.75, 3.05) is 4.72 Å². The fourth-order valence-electron chi connectivity index (χ4n) is 2.10. The Morgan fingerprint density at radius 3 is 2.50 bits per heavy atom. The molecule has 6 heteroatoms. The van der Waals surface area contributed by atoms with Crippen LogP contribution in [0, 0.1) is 13.8 Å². The van der Waals surface area contributed by atoms with Crippen LogP contribution in [0.4, 0.5) is 5.69 Å². The monoisotopic (exact) mass is 293 g/mol. The van der Waals surface area contributed by atoms with Gasteiger partial charge in [0, 0.05) is 5.69 Å². The van der Waals surface area contributed by atoms with Crippen molar-refractivity contribution in [3.63, 3.8) is 0 Å². The van der Waals surface area contributed by atoms with Crippen molar-refractivity contribution in [1.82, 2.24) is 10.2 Å². The van der Waals surface area contributed by atoms with E-state index < -0.39 is 10.0 Å². The summed E-state index contributed by atoms with van der Waals surface area (Å²) >= 11 is 0. The van der Waals surface area contributed by atoms with Gasteiger partial charge in [0.1, 0.15) is 4.90 Å². The van der Waals surface area contributed by atoms with Crippen LogP contribution in [0.2, 0.25) is 0 Å². The van der Waals surface area contributed by atoms with Crippen molar-refractivity contribution < 1.29 is 8.42 Å². The number of aromatic amines is 1. The Morgan fingerprint density at radius 2 is 1.95 bits per heavy atom. The number of hydrogen-bond donors (Lipinski definition) is 2. The summed E-state index contributed by atoms with van der Waals surface area (Å²) in [5, 5.41) is 6.61. The minimum absolute atomic E-state index is 0.215. The summed E-state index contributed by atoms with van der Waals surface area (Å²) < 4.78 is 27.4. The summed E-state index contributed by atoms with van der Waals surface area (Å²) in [4.78, 5) is 0.215. The van der Waals surface area contributed by atoms with E-state index in [0.29, 0.717) is 23.0 Å². The predicted molar refractivity (Wildman–Crippen MR) is 79.4 cm³/mol. The molecule has 0 amide bonds. The minimum Gasteiger partial charge on any atom is -0.281 e. The fourth-order valence-corrected chi connectivity index (χ4v) is 3.53. The minimum atomic E-state index is -3.62. The molecule has 0 bridgehead atoms. The molecule has 0 saturated carbocycles. The Bertz CT molecular complexity index is 698. The van der Waals surface area contributed by atoms with Gasteiger partial charge in [-0.25, -0.2) is 8.42 Å². The Hall–Kier alpha value is -1.82. The summed E-state index contributed by atoms with van der Waals surface area (Å²) in [5.74, 6) is 0.344. The molecule has 20 heavy (non-hydrogen) atoms. The number of benzene rings is 1. The van der Waals surface area contributed by atoms with E-state index in [4.69, 9.17) is 0 Å². The molecule has 2 rings (SSSR count). The van der Waals surface area contributed by atoms with Gasteiger partial charge in [-0.2, -0.15) is 5.10 Å². The van der Waals surface area contributed by atoms with Crippen LogP contribution in [0.25, 0.3) is 0 Å². The zero-order chi connectivity index (χ0) is 14.9. The van der Waals surface area contributed by atoms with Crippen molar-refractivity contribution in [1.29, 1.82) is 0 Å². The molecule has 0 fully saturated rings. The zero-order valence-electron chi connectivity index (χ0n) is 12.1. The van der Waals surface area contributed by atoms with Gasteiger partial charge in [0.05, 0.1) is 11.4 Å². The molecule has 1 heterocycles. The van der Waals surface area contributed by atoms with Crippen molar-refractivity contribution >= 4 is 15.7 Å². The summed E-state index contributed by atoms with van der Waals surface area (Å²) in [6.07, 6.45) is 0. The van der Waals surface area contributed by atoms with Gasteiger partial charge in [-0.1, -0.05) is 26.0 Å². The third-order valence-electron chi connectivity index (χ3n) is 3.13. The highest BCUT2D eigenvalue weighted by molar-refractivity contribution is 7.92. The van der Waals surface area contributed by atoms with E-state index in [9.17, 15) is 8.42 Å². The molecule has 1 aromatic heterocycles. The van der Waals surface area contributed by atoms with Crippen molar-refractivity contribution in [3.05, 3.63) is 41.2 Å². The van der Waals surface area contributed by atoms with Crippen LogP contribution in [0.1, 0.15) is 36.7 Å². The molecule has 2 N–H and O–H groups in total. The molecule has 0 aliphatic rings. The number of nitrogens with zero attached hydrogens (tertiary/aromatic N) is 1.